The van der Waals surface area contributed by atoms with Crippen molar-refractivity contribution < 1.29 is 4.79 Å². The Morgan fingerprint density at radius 3 is 2.74 bits per heavy atom. The van der Waals surface area contributed by atoms with Crippen LogP contribution in [0, 0.1) is 0 Å². The van der Waals surface area contributed by atoms with E-state index in [-0.39, 0.29) is 5.91 Å². The van der Waals surface area contributed by atoms with E-state index in [4.69, 9.17) is 4.99 Å². The second-order valence-corrected chi connectivity index (χ2v) is 8.16. The topological polar surface area (TPSA) is 44.7 Å². The molecule has 2 aliphatic rings. The van der Waals surface area contributed by atoms with E-state index in [0.29, 0.717) is 5.56 Å². The van der Waals surface area contributed by atoms with Crippen molar-refractivity contribution in [3.05, 3.63) is 53.6 Å². The Balaban J connectivity index is 1.63. The number of carbonyl (C=O) groups is 1. The van der Waals surface area contributed by atoms with Gasteiger partial charge in [-0.2, -0.15) is 0 Å². The number of benzene rings is 2. The van der Waals surface area contributed by atoms with Crippen molar-refractivity contribution in [3.8, 4) is 0 Å². The molecule has 0 atom stereocenters. The van der Waals surface area contributed by atoms with Gasteiger partial charge >= 0.3 is 0 Å². The Bertz CT molecular complexity index is 872. The summed E-state index contributed by atoms with van der Waals surface area (Å²) < 4.78 is 0. The molecule has 0 unspecified atom stereocenters. The quantitative estimate of drug-likeness (QED) is 0.794. The first kappa shape index (κ1) is 18.3. The van der Waals surface area contributed by atoms with E-state index in [2.05, 4.69) is 36.6 Å². The van der Waals surface area contributed by atoms with E-state index in [9.17, 15) is 4.79 Å². The van der Waals surface area contributed by atoms with Gasteiger partial charge in [0.05, 0.1) is 5.69 Å². The first-order valence-electron chi connectivity index (χ1n) is 9.79. The van der Waals surface area contributed by atoms with Crippen molar-refractivity contribution in [1.29, 1.82) is 0 Å². The molecule has 140 valence electrons. The third-order valence-electron chi connectivity index (χ3n) is 5.00. The van der Waals surface area contributed by atoms with Crippen LogP contribution in [0.25, 0.3) is 0 Å². The Morgan fingerprint density at radius 1 is 1.11 bits per heavy atom. The van der Waals surface area contributed by atoms with Gasteiger partial charge in [0.1, 0.15) is 0 Å². The lowest BCUT2D eigenvalue weighted by Gasteiger charge is -2.26. The molecule has 0 aromatic heterocycles. The van der Waals surface area contributed by atoms with Gasteiger partial charge in [0.25, 0.3) is 5.91 Å². The van der Waals surface area contributed by atoms with Crippen LogP contribution in [0.2, 0.25) is 0 Å². The molecular formula is C22H25N3OS. The maximum atomic E-state index is 12.7. The molecule has 0 bridgehead atoms. The molecule has 27 heavy (non-hydrogen) atoms. The normalized spacial score (nSPS) is 16.7. The number of amides is 1. The number of carbonyl (C=O) groups excluding carboxylic acids is 1. The lowest BCUT2D eigenvalue weighted by molar-refractivity contribution is 0.0750. The van der Waals surface area contributed by atoms with E-state index in [1.807, 2.05) is 23.2 Å². The highest BCUT2D eigenvalue weighted by atomic mass is 32.2. The second kappa shape index (κ2) is 8.28. The number of fused-ring (bicyclic) bond motifs is 2. The summed E-state index contributed by atoms with van der Waals surface area (Å²) in [4.78, 5) is 20.0. The molecule has 2 heterocycles. The van der Waals surface area contributed by atoms with Crippen LogP contribution >= 0.6 is 11.8 Å². The average Bonchev–Trinajstić information content (AvgIpc) is 2.85. The Kier molecular flexibility index (Phi) is 5.60. The molecule has 0 radical (unpaired) electrons. The van der Waals surface area contributed by atoms with Crippen LogP contribution in [0.3, 0.4) is 0 Å². The highest BCUT2D eigenvalue weighted by Crippen LogP contribution is 2.41. The predicted molar refractivity (Wildman–Crippen MR) is 111 cm³/mol. The van der Waals surface area contributed by atoms with Crippen molar-refractivity contribution in [1.82, 2.24) is 10.4 Å². The SMILES string of the molecule is CCCC1=Nc2cc(C(=O)NN3CCCCC3)ccc2Sc2ccccc21. The lowest BCUT2D eigenvalue weighted by atomic mass is 10.1. The van der Waals surface area contributed by atoms with Gasteiger partial charge in [0.2, 0.25) is 0 Å². The predicted octanol–water partition coefficient (Wildman–Crippen LogP) is 5.20. The van der Waals surface area contributed by atoms with E-state index >= 15 is 0 Å². The van der Waals surface area contributed by atoms with Crippen molar-refractivity contribution >= 4 is 29.1 Å². The maximum absolute atomic E-state index is 12.7. The van der Waals surface area contributed by atoms with Crippen LogP contribution in [-0.2, 0) is 0 Å². The summed E-state index contributed by atoms with van der Waals surface area (Å²) in [6.45, 7) is 4.04. The smallest absolute Gasteiger partial charge is 0.265 e. The summed E-state index contributed by atoms with van der Waals surface area (Å²) in [5, 5.41) is 2.04. The van der Waals surface area contributed by atoms with Crippen LogP contribution < -0.4 is 5.43 Å². The first-order chi connectivity index (χ1) is 13.2. The molecule has 5 heteroatoms. The Labute approximate surface area is 165 Å². The van der Waals surface area contributed by atoms with Gasteiger partial charge in [-0.15, -0.1) is 0 Å². The van der Waals surface area contributed by atoms with Crippen molar-refractivity contribution in [2.45, 2.75) is 48.8 Å². The molecule has 4 rings (SSSR count). The molecule has 1 fully saturated rings. The summed E-state index contributed by atoms with van der Waals surface area (Å²) in [6, 6.07) is 14.3. The summed E-state index contributed by atoms with van der Waals surface area (Å²) >= 11 is 1.73. The number of aliphatic imine (C=N–C) groups is 1. The summed E-state index contributed by atoms with van der Waals surface area (Å²) in [5.41, 5.74) is 6.93. The fourth-order valence-electron chi connectivity index (χ4n) is 3.59. The number of nitrogens with zero attached hydrogens (tertiary/aromatic N) is 2. The fourth-order valence-corrected chi connectivity index (χ4v) is 4.62. The first-order valence-corrected chi connectivity index (χ1v) is 10.6. The second-order valence-electron chi connectivity index (χ2n) is 7.08. The summed E-state index contributed by atoms with van der Waals surface area (Å²) in [5.74, 6) is -0.0429. The molecular weight excluding hydrogens is 354 g/mol. The highest BCUT2D eigenvalue weighted by molar-refractivity contribution is 7.99. The van der Waals surface area contributed by atoms with Crippen LogP contribution in [0.5, 0.6) is 0 Å². The van der Waals surface area contributed by atoms with E-state index in [0.717, 1.165) is 55.1 Å². The van der Waals surface area contributed by atoms with Crippen LogP contribution in [0.15, 0.2) is 57.2 Å². The summed E-state index contributed by atoms with van der Waals surface area (Å²) in [7, 11) is 0. The van der Waals surface area contributed by atoms with Gasteiger partial charge < -0.3 is 0 Å². The van der Waals surface area contributed by atoms with Crippen LogP contribution in [0.4, 0.5) is 5.69 Å². The maximum Gasteiger partial charge on any atom is 0.265 e. The van der Waals surface area contributed by atoms with Crippen molar-refractivity contribution in [2.24, 2.45) is 4.99 Å². The highest BCUT2D eigenvalue weighted by Gasteiger charge is 2.19. The van der Waals surface area contributed by atoms with Crippen molar-refractivity contribution in [2.75, 3.05) is 13.1 Å². The van der Waals surface area contributed by atoms with Gasteiger partial charge in [0, 0.05) is 39.7 Å². The molecule has 0 aliphatic carbocycles. The zero-order valence-electron chi connectivity index (χ0n) is 15.7. The van der Waals surface area contributed by atoms with Gasteiger partial charge in [-0.3, -0.25) is 15.2 Å². The molecule has 0 saturated carbocycles. The van der Waals surface area contributed by atoms with Crippen LogP contribution in [0.1, 0.15) is 54.9 Å². The van der Waals surface area contributed by atoms with E-state index in [1.54, 1.807) is 11.8 Å². The molecule has 4 nitrogen and oxygen atoms in total. The summed E-state index contributed by atoms with van der Waals surface area (Å²) in [6.07, 6.45) is 5.51. The number of hydrogen-bond donors (Lipinski definition) is 1. The minimum absolute atomic E-state index is 0.0429. The molecule has 1 N–H and O–H groups in total. The minimum Gasteiger partial charge on any atom is -0.285 e. The Hall–Kier alpha value is -2.11. The van der Waals surface area contributed by atoms with E-state index < -0.39 is 0 Å². The Morgan fingerprint density at radius 2 is 1.93 bits per heavy atom. The van der Waals surface area contributed by atoms with Gasteiger partial charge in [-0.25, -0.2) is 5.01 Å². The zero-order chi connectivity index (χ0) is 18.6. The minimum atomic E-state index is -0.0429. The molecule has 2 aromatic carbocycles. The molecule has 0 spiro atoms. The monoisotopic (exact) mass is 379 g/mol. The number of hydrogen-bond acceptors (Lipinski definition) is 4. The van der Waals surface area contributed by atoms with E-state index in [1.165, 1.54) is 16.9 Å². The standard InChI is InChI=1S/C22H25N3OS/c1-2-8-18-17-9-4-5-10-20(17)27-21-12-11-16(15-19(21)23-18)22(26)24-25-13-6-3-7-14-25/h4-5,9-12,15H,2-3,6-8,13-14H2,1H3,(H,24,26). The molecule has 2 aromatic rings. The van der Waals surface area contributed by atoms with Gasteiger partial charge in [-0.1, -0.05) is 49.7 Å². The lowest BCUT2D eigenvalue weighted by Crippen LogP contribution is -2.45. The third kappa shape index (κ3) is 4.09. The molecule has 2 aliphatic heterocycles. The number of rotatable bonds is 4. The average molecular weight is 380 g/mol. The fraction of sp³-hybridized carbons (Fsp3) is 0.364. The van der Waals surface area contributed by atoms with Gasteiger partial charge in [-0.05, 0) is 43.5 Å². The number of nitrogens with one attached hydrogen (secondary N) is 1. The zero-order valence-corrected chi connectivity index (χ0v) is 16.5. The third-order valence-corrected chi connectivity index (χ3v) is 6.14. The van der Waals surface area contributed by atoms with Gasteiger partial charge in [0.15, 0.2) is 0 Å². The van der Waals surface area contributed by atoms with Crippen LogP contribution in [-0.4, -0.2) is 29.7 Å². The van der Waals surface area contributed by atoms with Crippen molar-refractivity contribution in [3.63, 3.8) is 0 Å². The molecule has 1 amide bonds. The molecule has 1 saturated heterocycles. The number of hydrazine groups is 1. The number of piperidine rings is 1. The largest absolute Gasteiger partial charge is 0.285 e.